The number of hydrogen-bond acceptors (Lipinski definition) is 6. The van der Waals surface area contributed by atoms with Crippen LogP contribution in [0.4, 0.5) is 5.69 Å². The fourth-order valence-electron chi connectivity index (χ4n) is 2.79. The highest BCUT2D eigenvalue weighted by Gasteiger charge is 2.23. The van der Waals surface area contributed by atoms with Crippen LogP contribution < -0.4 is 4.90 Å². The Bertz CT molecular complexity index is 827. The SMILES string of the molecule is O=C(c1cnc2nsnc2c1)N1CCN(c2ccccc2)CC1. The van der Waals surface area contributed by atoms with E-state index in [1.165, 1.54) is 5.69 Å². The van der Waals surface area contributed by atoms with Crippen molar-refractivity contribution in [2.45, 2.75) is 0 Å². The van der Waals surface area contributed by atoms with Gasteiger partial charge in [-0.2, -0.15) is 8.75 Å². The Hall–Kier alpha value is -2.54. The molecule has 0 unspecified atom stereocenters. The maximum Gasteiger partial charge on any atom is 0.255 e. The van der Waals surface area contributed by atoms with Gasteiger partial charge in [0, 0.05) is 38.1 Å². The van der Waals surface area contributed by atoms with Crippen LogP contribution in [0.3, 0.4) is 0 Å². The molecule has 116 valence electrons. The summed E-state index contributed by atoms with van der Waals surface area (Å²) in [5.74, 6) is 0.0140. The third-order valence-corrected chi connectivity index (χ3v) is 4.58. The lowest BCUT2D eigenvalue weighted by atomic mass is 10.2. The van der Waals surface area contributed by atoms with Crippen molar-refractivity contribution in [2.75, 3.05) is 31.1 Å². The number of piperazine rings is 1. The van der Waals surface area contributed by atoms with Gasteiger partial charge in [-0.15, -0.1) is 0 Å². The molecule has 0 saturated carbocycles. The standard InChI is InChI=1S/C16H15N5OS/c22-16(12-10-14-15(17-11-12)19-23-18-14)21-8-6-20(7-9-21)13-4-2-1-3-5-13/h1-5,10-11H,6-9H2. The molecule has 0 atom stereocenters. The van der Waals surface area contributed by atoms with Crippen LogP contribution >= 0.6 is 11.7 Å². The van der Waals surface area contributed by atoms with Crippen LogP contribution in [-0.2, 0) is 0 Å². The molecule has 4 rings (SSSR count). The number of carbonyl (C=O) groups excluding carboxylic acids is 1. The van der Waals surface area contributed by atoms with Crippen LogP contribution in [0.25, 0.3) is 11.2 Å². The Morgan fingerprint density at radius 2 is 1.83 bits per heavy atom. The monoisotopic (exact) mass is 325 g/mol. The molecule has 3 heterocycles. The Balaban J connectivity index is 1.46. The summed E-state index contributed by atoms with van der Waals surface area (Å²) in [7, 11) is 0. The fraction of sp³-hybridized carbons (Fsp3) is 0.250. The molecular weight excluding hydrogens is 310 g/mol. The molecule has 23 heavy (non-hydrogen) atoms. The van der Waals surface area contributed by atoms with Gasteiger partial charge in [0.15, 0.2) is 5.65 Å². The molecule has 0 N–H and O–H groups in total. The molecule has 1 aromatic carbocycles. The number of rotatable bonds is 2. The number of benzene rings is 1. The summed E-state index contributed by atoms with van der Waals surface area (Å²) < 4.78 is 8.21. The highest BCUT2D eigenvalue weighted by Crippen LogP contribution is 2.17. The highest BCUT2D eigenvalue weighted by molar-refractivity contribution is 7.00. The second-order valence-electron chi connectivity index (χ2n) is 5.45. The van der Waals surface area contributed by atoms with Gasteiger partial charge in [-0.1, -0.05) is 18.2 Å². The van der Waals surface area contributed by atoms with Gasteiger partial charge in [-0.3, -0.25) is 4.79 Å². The van der Waals surface area contributed by atoms with Gasteiger partial charge in [-0.25, -0.2) is 4.98 Å². The first-order chi connectivity index (χ1) is 11.3. The zero-order chi connectivity index (χ0) is 15.6. The number of para-hydroxylation sites is 1. The highest BCUT2D eigenvalue weighted by atomic mass is 32.1. The minimum Gasteiger partial charge on any atom is -0.368 e. The minimum atomic E-state index is 0.0140. The van der Waals surface area contributed by atoms with Crippen LogP contribution in [-0.4, -0.2) is 50.7 Å². The Kier molecular flexibility index (Phi) is 3.63. The number of amides is 1. The largest absolute Gasteiger partial charge is 0.368 e. The van der Waals surface area contributed by atoms with Crippen molar-refractivity contribution in [1.82, 2.24) is 18.6 Å². The van der Waals surface area contributed by atoms with Gasteiger partial charge in [0.2, 0.25) is 0 Å². The molecule has 3 aromatic rings. The molecule has 0 radical (unpaired) electrons. The second kappa shape index (κ2) is 5.92. The van der Waals surface area contributed by atoms with Crippen molar-refractivity contribution in [3.05, 3.63) is 48.2 Å². The quantitative estimate of drug-likeness (QED) is 0.721. The van der Waals surface area contributed by atoms with Gasteiger partial charge in [0.05, 0.1) is 17.3 Å². The van der Waals surface area contributed by atoms with Crippen LogP contribution in [0.2, 0.25) is 0 Å². The minimum absolute atomic E-state index is 0.0140. The van der Waals surface area contributed by atoms with Gasteiger partial charge in [0.1, 0.15) is 5.52 Å². The zero-order valence-electron chi connectivity index (χ0n) is 12.4. The number of fused-ring (bicyclic) bond motifs is 1. The van der Waals surface area contributed by atoms with Crippen molar-refractivity contribution in [3.63, 3.8) is 0 Å². The summed E-state index contributed by atoms with van der Waals surface area (Å²) in [5.41, 5.74) is 3.07. The first-order valence-electron chi connectivity index (χ1n) is 7.49. The Morgan fingerprint density at radius 3 is 2.61 bits per heavy atom. The van der Waals surface area contributed by atoms with Crippen molar-refractivity contribution < 1.29 is 4.79 Å². The van der Waals surface area contributed by atoms with Gasteiger partial charge in [-0.05, 0) is 18.2 Å². The zero-order valence-corrected chi connectivity index (χ0v) is 13.2. The molecule has 7 heteroatoms. The average molecular weight is 325 g/mol. The smallest absolute Gasteiger partial charge is 0.255 e. The van der Waals surface area contributed by atoms with Crippen LogP contribution in [0.5, 0.6) is 0 Å². The second-order valence-corrected chi connectivity index (χ2v) is 5.97. The summed E-state index contributed by atoms with van der Waals surface area (Å²) in [4.78, 5) is 21.0. The van der Waals surface area contributed by atoms with Gasteiger partial charge >= 0.3 is 0 Å². The molecule has 6 nitrogen and oxygen atoms in total. The molecule has 2 aromatic heterocycles. The molecule has 1 fully saturated rings. The number of anilines is 1. The molecule has 1 amide bonds. The van der Waals surface area contributed by atoms with Crippen molar-refractivity contribution in [3.8, 4) is 0 Å². The summed E-state index contributed by atoms with van der Waals surface area (Å²) in [5, 5.41) is 0. The Morgan fingerprint density at radius 1 is 1.04 bits per heavy atom. The first-order valence-corrected chi connectivity index (χ1v) is 8.22. The normalized spacial score (nSPS) is 15.1. The van der Waals surface area contributed by atoms with Crippen LogP contribution in [0, 0.1) is 0 Å². The average Bonchev–Trinajstić information content (AvgIpc) is 3.10. The van der Waals surface area contributed by atoms with E-state index in [2.05, 4.69) is 30.8 Å². The van der Waals surface area contributed by atoms with E-state index in [9.17, 15) is 4.79 Å². The lowest BCUT2D eigenvalue weighted by Crippen LogP contribution is -2.48. The predicted molar refractivity (Wildman–Crippen MR) is 89.8 cm³/mol. The molecule has 1 saturated heterocycles. The molecule has 0 spiro atoms. The van der Waals surface area contributed by atoms with E-state index in [1.807, 2.05) is 23.1 Å². The number of aromatic nitrogens is 3. The van der Waals surface area contributed by atoms with E-state index in [0.717, 1.165) is 24.8 Å². The third kappa shape index (κ3) is 2.75. The lowest BCUT2D eigenvalue weighted by molar-refractivity contribution is 0.0746. The molecule has 1 aliphatic rings. The van der Waals surface area contributed by atoms with Gasteiger partial charge in [0.25, 0.3) is 5.91 Å². The third-order valence-electron chi connectivity index (χ3n) is 4.05. The van der Waals surface area contributed by atoms with Gasteiger partial charge < -0.3 is 9.80 Å². The van der Waals surface area contributed by atoms with E-state index in [-0.39, 0.29) is 5.91 Å². The predicted octanol–water partition coefficient (Wildman–Crippen LogP) is 2.05. The van der Waals surface area contributed by atoms with E-state index in [1.54, 1.807) is 12.3 Å². The molecular formula is C16H15N5OS. The topological polar surface area (TPSA) is 62.2 Å². The lowest BCUT2D eigenvalue weighted by Gasteiger charge is -2.36. The Labute approximate surface area is 137 Å². The summed E-state index contributed by atoms with van der Waals surface area (Å²) in [6, 6.07) is 12.1. The van der Waals surface area contributed by atoms with Crippen molar-refractivity contribution in [1.29, 1.82) is 0 Å². The summed E-state index contributed by atoms with van der Waals surface area (Å²) in [6.07, 6.45) is 1.59. The number of pyridine rings is 1. The number of hydrogen-bond donors (Lipinski definition) is 0. The van der Waals surface area contributed by atoms with E-state index >= 15 is 0 Å². The number of nitrogens with zero attached hydrogens (tertiary/aromatic N) is 5. The molecule has 0 aliphatic carbocycles. The van der Waals surface area contributed by atoms with Crippen LogP contribution in [0.15, 0.2) is 42.6 Å². The maximum atomic E-state index is 12.6. The van der Waals surface area contributed by atoms with E-state index in [4.69, 9.17) is 0 Å². The number of carbonyl (C=O) groups is 1. The fourth-order valence-corrected chi connectivity index (χ4v) is 3.27. The molecule has 0 bridgehead atoms. The van der Waals surface area contributed by atoms with E-state index in [0.29, 0.717) is 29.8 Å². The van der Waals surface area contributed by atoms with E-state index < -0.39 is 0 Å². The maximum absolute atomic E-state index is 12.6. The summed E-state index contributed by atoms with van der Waals surface area (Å²) in [6.45, 7) is 3.09. The first kappa shape index (κ1) is 14.1. The van der Waals surface area contributed by atoms with Crippen molar-refractivity contribution >= 4 is 34.5 Å². The van der Waals surface area contributed by atoms with Crippen molar-refractivity contribution in [2.24, 2.45) is 0 Å². The summed E-state index contributed by atoms with van der Waals surface area (Å²) >= 11 is 1.11. The van der Waals surface area contributed by atoms with Crippen LogP contribution in [0.1, 0.15) is 10.4 Å². The molecule has 1 aliphatic heterocycles.